The number of epoxide rings is 8. The minimum absolute atomic E-state index is 0.00190. The van der Waals surface area contributed by atoms with E-state index in [2.05, 4.69) is 160 Å². The van der Waals surface area contributed by atoms with Crippen molar-refractivity contribution in [1.82, 2.24) is 0 Å². The van der Waals surface area contributed by atoms with Crippen molar-refractivity contribution in [2.45, 2.75) is 456 Å². The molecule has 8 aliphatic heterocycles. The van der Waals surface area contributed by atoms with Crippen LogP contribution in [0.2, 0.25) is 105 Å². The Balaban J connectivity index is 0.960. The van der Waals surface area contributed by atoms with Crippen LogP contribution in [-0.2, 0) is 99.6 Å². The Kier molecular flexibility index (Phi) is 27.0. The molecule has 0 aromatic rings. The van der Waals surface area contributed by atoms with Gasteiger partial charge in [0, 0.05) is 0 Å². The molecule has 0 bridgehead atoms. The monoisotopic (exact) mass is 1940 g/mol. The van der Waals surface area contributed by atoms with Crippen LogP contribution >= 0.6 is 0 Å². The van der Waals surface area contributed by atoms with Crippen LogP contribution in [0.1, 0.15) is 261 Å². The van der Waals surface area contributed by atoms with Crippen LogP contribution < -0.4 is 0 Å². The number of ether oxygens (including phenoxy) is 8. The topological polar surface area (TPSA) is 239 Å². The van der Waals surface area contributed by atoms with E-state index in [9.17, 15) is 8.23 Å². The van der Waals surface area contributed by atoms with Gasteiger partial charge in [-0.1, -0.05) is 107 Å². The average molecular weight is 1940 g/mol. The maximum Gasteiger partial charge on any atom is 0.646 e. The van der Waals surface area contributed by atoms with Crippen molar-refractivity contribution in [3.63, 3.8) is 0 Å². The average Bonchev–Trinajstić information content (AvgIpc) is 1.56. The Morgan fingerprint density at radius 2 is 0.454 bits per heavy atom. The van der Waals surface area contributed by atoms with Gasteiger partial charge in [0.15, 0.2) is 0 Å². The molecule has 684 valence electrons. The molecule has 16 aliphatic rings. The van der Waals surface area contributed by atoms with E-state index >= 15 is 0 Å². The fourth-order valence-corrected chi connectivity index (χ4v) is 89.4. The molecule has 0 aromatic heterocycles. The number of fused-ring (bicyclic) bond motifs is 8. The summed E-state index contributed by atoms with van der Waals surface area (Å²) in [7, 11) is -51.6. The summed E-state index contributed by atoms with van der Waals surface area (Å²) in [5.74, 6) is 4.26. The van der Waals surface area contributed by atoms with E-state index < -0.39 is 175 Å². The fraction of sp³-hybridized carbons (Fsp3) is 1.00. The van der Waals surface area contributed by atoms with Crippen molar-refractivity contribution in [1.29, 1.82) is 0 Å². The van der Waals surface area contributed by atoms with Crippen molar-refractivity contribution >= 4 is 144 Å². The normalized spacial score (nSPS) is 43.6. The lowest BCUT2D eigenvalue weighted by Gasteiger charge is -2.53. The molecular formula is C80H162O23Si16. The van der Waals surface area contributed by atoms with Crippen LogP contribution in [0.3, 0.4) is 0 Å². The molecule has 25 unspecified atom stereocenters. The number of rotatable bonds is 45. The highest BCUT2D eigenvalue weighted by Crippen LogP contribution is 2.67. The Bertz CT molecular complexity index is 3370. The lowest BCUT2D eigenvalue weighted by molar-refractivity contribution is 0.0168. The molecule has 25 atom stereocenters. The van der Waals surface area contributed by atoms with Crippen LogP contribution in [0.25, 0.3) is 0 Å². The molecule has 0 aromatic carbocycles. The summed E-state index contributed by atoms with van der Waals surface area (Å²) < 4.78 is 185. The summed E-state index contributed by atoms with van der Waals surface area (Å²) in [5, 5.41) is -4.78. The molecule has 8 aliphatic carbocycles. The third kappa shape index (κ3) is 17.1. The van der Waals surface area contributed by atoms with E-state index in [-0.39, 0.29) is 48.8 Å². The van der Waals surface area contributed by atoms with Crippen molar-refractivity contribution < 1.29 is 99.6 Å². The second kappa shape index (κ2) is 33.9. The standard InChI is InChI=1S/C80H162O23Si16/c1-25-57-33-41-73(65(49-57)81-73)109(9,10)93-108(92-107-91-106-90-105-89-104)94-117(95-110(11,12)74-42-34-58(26-2)50-66(74)82-74,96-111(13,14)75-43-35-59(27-3)51-67(75)83-75)102-119(100-115(21,22)79-47-39-63(31-7)55-71(79)87-79,101-116(23,24)80-48-40-64(32-8)56-72(80)88-80)103-118(97-112(15,16)76-44-36-60(28-4)52-68(76)84-76,98-113(17,18)77-45-37-61(29-5)53-69(77)85-77)99-114(19,20)78-46-38-62(30-6)54-70(78)86-78/h57-72,108H,25-56,105-107H2,1-24,104H3. The summed E-state index contributed by atoms with van der Waals surface area (Å²) in [6.07, 6.45) is 31.2. The summed E-state index contributed by atoms with van der Waals surface area (Å²) in [4.78, 5) is 0. The largest absolute Gasteiger partial charge is 0.646 e. The molecule has 16 rings (SSSR count). The van der Waals surface area contributed by atoms with Crippen molar-refractivity contribution in [2.75, 3.05) is 0 Å². The zero-order chi connectivity index (χ0) is 85.3. The quantitative estimate of drug-likeness (QED) is 0.0313. The van der Waals surface area contributed by atoms with Gasteiger partial charge in [-0.2, -0.15) is 0 Å². The maximum atomic E-state index is 9.44. The second-order valence-electron chi connectivity index (χ2n) is 44.6. The van der Waals surface area contributed by atoms with Crippen LogP contribution in [0.4, 0.5) is 0 Å². The van der Waals surface area contributed by atoms with E-state index in [1.807, 2.05) is 0 Å². The molecule has 119 heavy (non-hydrogen) atoms. The number of hydrogen-bond donors (Lipinski definition) is 0. The minimum Gasteiger partial charge on any atom is -0.449 e. The Hall–Kier alpha value is 2.55. The highest BCUT2D eigenvalue weighted by atomic mass is 28.6. The fourth-order valence-electron chi connectivity index (χ4n) is 26.1. The first kappa shape index (κ1) is 94.7. The predicted octanol–water partition coefficient (Wildman–Crippen LogP) is 14.3. The van der Waals surface area contributed by atoms with E-state index in [0.717, 1.165) is 205 Å². The van der Waals surface area contributed by atoms with Crippen LogP contribution in [0.5, 0.6) is 0 Å². The van der Waals surface area contributed by atoms with Gasteiger partial charge >= 0.3 is 36.7 Å². The molecule has 39 heteroatoms. The molecule has 23 nitrogen and oxygen atoms in total. The van der Waals surface area contributed by atoms with Gasteiger partial charge in [0.25, 0.3) is 30.0 Å². The van der Waals surface area contributed by atoms with Gasteiger partial charge in [0.2, 0.25) is 66.5 Å². The maximum absolute atomic E-state index is 9.44. The lowest BCUT2D eigenvalue weighted by Crippen LogP contribution is -2.80. The Labute approximate surface area is 741 Å². The van der Waals surface area contributed by atoms with Gasteiger partial charge in [0.05, 0.1) is 48.8 Å². The summed E-state index contributed by atoms with van der Waals surface area (Å²) in [6.45, 7) is 56.6. The highest BCUT2D eigenvalue weighted by Gasteiger charge is 2.86. The smallest absolute Gasteiger partial charge is 0.449 e. The number of hydrogen-bond acceptors (Lipinski definition) is 23. The van der Waals surface area contributed by atoms with Gasteiger partial charge in [0.1, 0.15) is 52.3 Å². The SMILES string of the molecule is CCC1CCC2([Si](C)(C)O[SiH](O[SiH2]O[SiH2]O[SiH2]O[SiH3])O[Si](O[Si](O[Si](O[Si](C)(C)C34CCC(CC)CC3O4)(O[Si](C)(C)C34CCC(CC)CC3O4)O[Si](C)(C)C34CCC(CC)CC3O4)(O[Si](C)(C)C34CCC(CC)CC3O4)O[Si](C)(C)C34CCC(CC)CC3O4)(O[Si](C)(C)C34CCC(CC)CC3O4)O[Si](C)(C)C34CCC(CC)CC3O4)OC2C1. The van der Waals surface area contributed by atoms with Gasteiger partial charge < -0.3 is 99.6 Å². The van der Waals surface area contributed by atoms with Crippen LogP contribution in [0.15, 0.2) is 0 Å². The molecule has 0 N–H and O–H groups in total. The minimum atomic E-state index is -5.61. The predicted molar refractivity (Wildman–Crippen MR) is 498 cm³/mol. The molecule has 0 amide bonds. The molecule has 8 saturated carbocycles. The molecule has 16 fully saturated rings. The lowest BCUT2D eigenvalue weighted by atomic mass is 9.87. The van der Waals surface area contributed by atoms with Crippen molar-refractivity contribution in [3.8, 4) is 0 Å². The molecule has 8 saturated heterocycles. The van der Waals surface area contributed by atoms with E-state index in [0.29, 0.717) is 57.8 Å². The zero-order valence-corrected chi connectivity index (χ0v) is 96.9. The van der Waals surface area contributed by atoms with Gasteiger partial charge in [-0.25, -0.2) is 0 Å². The van der Waals surface area contributed by atoms with E-state index in [4.69, 9.17) is 91.4 Å². The van der Waals surface area contributed by atoms with E-state index in [1.165, 1.54) is 0 Å². The summed E-state index contributed by atoms with van der Waals surface area (Å²) >= 11 is 0. The first-order valence-electron chi connectivity index (χ1n) is 48.3. The second-order valence-corrected chi connectivity index (χ2v) is 96.0. The summed E-state index contributed by atoms with van der Waals surface area (Å²) in [5.41, 5.74) is 0. The summed E-state index contributed by atoms with van der Waals surface area (Å²) in [6, 6.07) is 0. The van der Waals surface area contributed by atoms with Crippen molar-refractivity contribution in [3.05, 3.63) is 0 Å². The third-order valence-electron chi connectivity index (χ3n) is 35.5. The molecule has 0 spiro atoms. The molecular weight excluding hydrogens is 1780 g/mol. The van der Waals surface area contributed by atoms with Crippen molar-refractivity contribution in [2.24, 2.45) is 47.3 Å². The van der Waals surface area contributed by atoms with Crippen LogP contribution in [0, 0.1) is 47.3 Å². The zero-order valence-electron chi connectivity index (χ0n) is 78.5. The molecule has 8 heterocycles. The van der Waals surface area contributed by atoms with E-state index in [1.54, 1.807) is 0 Å². The molecule has 0 radical (unpaired) electrons. The highest BCUT2D eigenvalue weighted by molar-refractivity contribution is 6.98. The van der Waals surface area contributed by atoms with Crippen LogP contribution in [-0.4, -0.2) is 234 Å². The Morgan fingerprint density at radius 3 is 0.664 bits per heavy atom. The van der Waals surface area contributed by atoms with Gasteiger partial charge in [-0.05, 0) is 306 Å². The third-order valence-corrected chi connectivity index (χ3v) is 92.9. The van der Waals surface area contributed by atoms with Gasteiger partial charge in [-0.3, -0.25) is 0 Å². The first-order chi connectivity index (χ1) is 56.0. The first-order valence-corrected chi connectivity index (χ1v) is 82.2. The van der Waals surface area contributed by atoms with Gasteiger partial charge in [-0.15, -0.1) is 0 Å². The Morgan fingerprint density at radius 1 is 0.261 bits per heavy atom.